The SMILES string of the molecule is C=C=C(C)CC1COC(=O)N1. The fourth-order valence-corrected chi connectivity index (χ4v) is 0.978. The molecule has 1 N–H and O–H groups in total. The number of amides is 1. The molecule has 1 rings (SSSR count). The molecule has 0 aliphatic carbocycles. The minimum Gasteiger partial charge on any atom is -0.447 e. The third-order valence-corrected chi connectivity index (χ3v) is 1.59. The number of cyclic esters (lactones) is 1. The summed E-state index contributed by atoms with van der Waals surface area (Å²) >= 11 is 0. The first-order valence-electron chi connectivity index (χ1n) is 3.51. The van der Waals surface area contributed by atoms with Crippen LogP contribution in [0.4, 0.5) is 4.79 Å². The third-order valence-electron chi connectivity index (χ3n) is 1.59. The van der Waals surface area contributed by atoms with E-state index in [1.807, 2.05) is 6.92 Å². The van der Waals surface area contributed by atoms with E-state index < -0.39 is 0 Å². The van der Waals surface area contributed by atoms with Gasteiger partial charge in [-0.25, -0.2) is 4.79 Å². The summed E-state index contributed by atoms with van der Waals surface area (Å²) in [4.78, 5) is 10.5. The fourth-order valence-electron chi connectivity index (χ4n) is 0.978. The lowest BCUT2D eigenvalue weighted by molar-refractivity contribution is 0.177. The molecule has 1 amide bonds. The summed E-state index contributed by atoms with van der Waals surface area (Å²) in [5, 5.41) is 2.67. The van der Waals surface area contributed by atoms with Crippen molar-refractivity contribution in [2.75, 3.05) is 6.61 Å². The van der Waals surface area contributed by atoms with E-state index in [-0.39, 0.29) is 12.1 Å². The minimum atomic E-state index is -0.327. The van der Waals surface area contributed by atoms with Gasteiger partial charge in [0.25, 0.3) is 0 Å². The first kappa shape index (κ1) is 7.89. The van der Waals surface area contributed by atoms with Gasteiger partial charge < -0.3 is 10.1 Å². The Morgan fingerprint density at radius 3 is 3.18 bits per heavy atom. The van der Waals surface area contributed by atoms with Crippen molar-refractivity contribution < 1.29 is 9.53 Å². The van der Waals surface area contributed by atoms with Gasteiger partial charge in [-0.05, 0) is 18.9 Å². The van der Waals surface area contributed by atoms with E-state index in [1.165, 1.54) is 0 Å². The van der Waals surface area contributed by atoms with Crippen LogP contribution in [-0.4, -0.2) is 18.7 Å². The van der Waals surface area contributed by atoms with Crippen LogP contribution in [0, 0.1) is 0 Å². The Morgan fingerprint density at radius 2 is 2.73 bits per heavy atom. The topological polar surface area (TPSA) is 38.3 Å². The molecule has 0 spiro atoms. The molecular weight excluding hydrogens is 142 g/mol. The second-order valence-corrected chi connectivity index (χ2v) is 2.60. The van der Waals surface area contributed by atoms with Crippen LogP contribution in [0.25, 0.3) is 0 Å². The van der Waals surface area contributed by atoms with Crippen molar-refractivity contribution in [1.29, 1.82) is 0 Å². The molecule has 1 saturated heterocycles. The molecule has 0 bridgehead atoms. The predicted molar refractivity (Wildman–Crippen MR) is 41.2 cm³/mol. The molecule has 11 heavy (non-hydrogen) atoms. The maximum atomic E-state index is 10.5. The first-order chi connectivity index (χ1) is 5.22. The molecule has 0 aromatic carbocycles. The van der Waals surface area contributed by atoms with E-state index in [1.54, 1.807) is 0 Å². The predicted octanol–water partition coefficient (Wildman–Crippen LogP) is 1.22. The minimum absolute atomic E-state index is 0.108. The molecule has 60 valence electrons. The largest absolute Gasteiger partial charge is 0.447 e. The number of carbonyl (C=O) groups is 1. The Balaban J connectivity index is 2.40. The molecule has 3 nitrogen and oxygen atoms in total. The lowest BCUT2D eigenvalue weighted by Gasteiger charge is -2.04. The summed E-state index contributed by atoms with van der Waals surface area (Å²) in [5.74, 6) is 0. The maximum absolute atomic E-state index is 10.5. The number of rotatable bonds is 2. The van der Waals surface area contributed by atoms with Gasteiger partial charge in [0.1, 0.15) is 6.61 Å². The molecule has 0 radical (unpaired) electrons. The molecule has 0 saturated carbocycles. The summed E-state index contributed by atoms with van der Waals surface area (Å²) in [6.07, 6.45) is 0.446. The molecule has 1 aliphatic rings. The van der Waals surface area contributed by atoms with Crippen LogP contribution in [0.1, 0.15) is 13.3 Å². The smallest absolute Gasteiger partial charge is 0.407 e. The molecule has 0 aromatic rings. The number of carbonyl (C=O) groups excluding carboxylic acids is 1. The van der Waals surface area contributed by atoms with Crippen LogP contribution in [0.3, 0.4) is 0 Å². The van der Waals surface area contributed by atoms with Crippen LogP contribution in [0.5, 0.6) is 0 Å². The van der Waals surface area contributed by atoms with Crippen molar-refractivity contribution in [2.45, 2.75) is 19.4 Å². The Labute approximate surface area is 65.7 Å². The molecule has 3 heteroatoms. The van der Waals surface area contributed by atoms with Gasteiger partial charge in [-0.3, -0.25) is 0 Å². The monoisotopic (exact) mass is 153 g/mol. The van der Waals surface area contributed by atoms with Gasteiger partial charge in [0, 0.05) is 0 Å². The molecular formula is C8H11NO2. The zero-order valence-corrected chi connectivity index (χ0v) is 6.52. The molecule has 1 unspecified atom stereocenters. The van der Waals surface area contributed by atoms with Crippen molar-refractivity contribution in [1.82, 2.24) is 5.32 Å². The molecule has 1 aliphatic heterocycles. The van der Waals surface area contributed by atoms with Gasteiger partial charge in [-0.2, -0.15) is 0 Å². The third kappa shape index (κ3) is 2.13. The van der Waals surface area contributed by atoms with Crippen LogP contribution in [-0.2, 0) is 4.74 Å². The summed E-state index contributed by atoms with van der Waals surface area (Å²) in [7, 11) is 0. The zero-order valence-electron chi connectivity index (χ0n) is 6.52. The van der Waals surface area contributed by atoms with E-state index in [9.17, 15) is 4.79 Å². The average molecular weight is 153 g/mol. The highest BCUT2D eigenvalue weighted by atomic mass is 16.6. The van der Waals surface area contributed by atoms with Crippen molar-refractivity contribution in [3.8, 4) is 0 Å². The highest BCUT2D eigenvalue weighted by Gasteiger charge is 2.21. The van der Waals surface area contributed by atoms with E-state index >= 15 is 0 Å². The number of hydrogen-bond donors (Lipinski definition) is 1. The molecule has 1 heterocycles. The fraction of sp³-hybridized carbons (Fsp3) is 0.500. The number of alkyl carbamates (subject to hydrolysis) is 1. The zero-order chi connectivity index (χ0) is 8.27. The van der Waals surface area contributed by atoms with Crippen molar-refractivity contribution >= 4 is 6.09 Å². The number of hydrogen-bond acceptors (Lipinski definition) is 2. The lowest BCUT2D eigenvalue weighted by atomic mass is 10.1. The average Bonchev–Trinajstić information content (AvgIpc) is 2.35. The standard InChI is InChI=1S/C8H11NO2/c1-3-6(2)4-7-5-11-8(10)9-7/h7H,1,4-5H2,2H3,(H,9,10). The van der Waals surface area contributed by atoms with Crippen LogP contribution in [0.15, 0.2) is 17.9 Å². The van der Waals surface area contributed by atoms with Gasteiger partial charge >= 0.3 is 6.09 Å². The Hall–Kier alpha value is -1.21. The number of ether oxygens (including phenoxy) is 1. The molecule has 0 aromatic heterocycles. The second-order valence-electron chi connectivity index (χ2n) is 2.60. The van der Waals surface area contributed by atoms with Crippen molar-refractivity contribution in [3.63, 3.8) is 0 Å². The Bertz CT molecular complexity index is 216. The van der Waals surface area contributed by atoms with Gasteiger partial charge in [0.05, 0.1) is 6.04 Å². The summed E-state index contributed by atoms with van der Waals surface area (Å²) in [6.45, 7) is 5.89. The van der Waals surface area contributed by atoms with Gasteiger partial charge in [-0.1, -0.05) is 6.58 Å². The highest BCUT2D eigenvalue weighted by Crippen LogP contribution is 2.07. The van der Waals surface area contributed by atoms with Crippen molar-refractivity contribution in [2.24, 2.45) is 0 Å². The van der Waals surface area contributed by atoms with Crippen LogP contribution in [0.2, 0.25) is 0 Å². The van der Waals surface area contributed by atoms with E-state index in [0.717, 1.165) is 12.0 Å². The summed E-state index contributed by atoms with van der Waals surface area (Å²) in [6, 6.07) is 0.108. The van der Waals surface area contributed by atoms with E-state index in [2.05, 4.69) is 17.6 Å². The highest BCUT2D eigenvalue weighted by molar-refractivity contribution is 5.69. The second kappa shape index (κ2) is 3.26. The van der Waals surface area contributed by atoms with E-state index in [0.29, 0.717) is 6.61 Å². The lowest BCUT2D eigenvalue weighted by Crippen LogP contribution is -2.25. The summed E-state index contributed by atoms with van der Waals surface area (Å²) in [5.41, 5.74) is 3.81. The maximum Gasteiger partial charge on any atom is 0.407 e. The molecule has 1 fully saturated rings. The Morgan fingerprint density at radius 1 is 2.00 bits per heavy atom. The Kier molecular flexibility index (Phi) is 2.34. The van der Waals surface area contributed by atoms with E-state index in [4.69, 9.17) is 4.74 Å². The van der Waals surface area contributed by atoms with Gasteiger partial charge in [0.15, 0.2) is 0 Å². The van der Waals surface area contributed by atoms with Crippen LogP contribution < -0.4 is 5.32 Å². The van der Waals surface area contributed by atoms with Crippen molar-refractivity contribution in [3.05, 3.63) is 17.9 Å². The first-order valence-corrected chi connectivity index (χ1v) is 3.51. The quantitative estimate of drug-likeness (QED) is 0.605. The normalized spacial score (nSPS) is 21.9. The number of nitrogens with one attached hydrogen (secondary N) is 1. The van der Waals surface area contributed by atoms with Crippen LogP contribution >= 0.6 is 0 Å². The van der Waals surface area contributed by atoms with Gasteiger partial charge in [0.2, 0.25) is 0 Å². The van der Waals surface area contributed by atoms with Gasteiger partial charge in [-0.15, -0.1) is 5.73 Å². The summed E-state index contributed by atoms with van der Waals surface area (Å²) < 4.78 is 4.70. The molecule has 1 atom stereocenters.